The summed E-state index contributed by atoms with van der Waals surface area (Å²) in [6.45, 7) is 4.47. The first kappa shape index (κ1) is 20.5. The van der Waals surface area contributed by atoms with Gasteiger partial charge in [0.15, 0.2) is 17.3 Å². The summed E-state index contributed by atoms with van der Waals surface area (Å²) in [4.78, 5) is 15.3. The van der Waals surface area contributed by atoms with Crippen molar-refractivity contribution >= 4 is 17.4 Å². The molecule has 0 unspecified atom stereocenters. The van der Waals surface area contributed by atoms with Gasteiger partial charge in [-0.2, -0.15) is 0 Å². The van der Waals surface area contributed by atoms with Gasteiger partial charge in [-0.05, 0) is 50.6 Å². The van der Waals surface area contributed by atoms with Crippen LogP contribution in [0.15, 0.2) is 36.4 Å². The van der Waals surface area contributed by atoms with Gasteiger partial charge < -0.3 is 14.6 Å². The molecule has 0 aliphatic carbocycles. The van der Waals surface area contributed by atoms with Gasteiger partial charge in [-0.3, -0.25) is 9.69 Å². The number of Topliss-reactive ketones (excluding diaryl/α,β-unsaturated/α-hetero) is 1. The number of hydrogen-bond acceptors (Lipinski definition) is 5. The first-order valence-electron chi connectivity index (χ1n) is 9.57. The second kappa shape index (κ2) is 9.30. The van der Waals surface area contributed by atoms with Crippen molar-refractivity contribution in [2.45, 2.75) is 26.3 Å². The van der Waals surface area contributed by atoms with Crippen LogP contribution in [-0.4, -0.2) is 42.6 Å². The van der Waals surface area contributed by atoms with Gasteiger partial charge in [0, 0.05) is 29.6 Å². The number of piperidine rings is 1. The molecule has 0 aromatic heterocycles. The average Bonchev–Trinajstić information content (AvgIpc) is 2.71. The lowest BCUT2D eigenvalue weighted by Gasteiger charge is -2.32. The van der Waals surface area contributed by atoms with Crippen molar-refractivity contribution in [3.63, 3.8) is 0 Å². The maximum atomic E-state index is 13.1. The van der Waals surface area contributed by atoms with E-state index in [2.05, 4.69) is 4.90 Å². The summed E-state index contributed by atoms with van der Waals surface area (Å²) in [6, 6.07) is 10.7. The van der Waals surface area contributed by atoms with Gasteiger partial charge in [-0.15, -0.1) is 0 Å². The fraction of sp³-hybridized carbons (Fsp3) is 0.409. The van der Waals surface area contributed by atoms with Crippen LogP contribution in [0, 0.1) is 5.92 Å². The van der Waals surface area contributed by atoms with Crippen molar-refractivity contribution in [2.24, 2.45) is 5.92 Å². The van der Waals surface area contributed by atoms with Gasteiger partial charge in [0.2, 0.25) is 0 Å². The monoisotopic (exact) mass is 403 g/mol. The molecule has 2 aromatic rings. The summed E-state index contributed by atoms with van der Waals surface area (Å²) in [5, 5.41) is 11.0. The molecule has 1 saturated heterocycles. The van der Waals surface area contributed by atoms with Gasteiger partial charge in [0.25, 0.3) is 0 Å². The Morgan fingerprint density at radius 1 is 1.29 bits per heavy atom. The highest BCUT2D eigenvalue weighted by molar-refractivity contribution is 6.31. The van der Waals surface area contributed by atoms with E-state index in [0.717, 1.165) is 24.9 Å². The summed E-state index contributed by atoms with van der Waals surface area (Å²) in [5.41, 5.74) is 1.34. The lowest BCUT2D eigenvalue weighted by atomic mass is 9.89. The van der Waals surface area contributed by atoms with Crippen LogP contribution < -0.4 is 9.47 Å². The molecular formula is C22H26ClNO4. The molecule has 1 N–H and O–H groups in total. The molecule has 150 valence electrons. The highest BCUT2D eigenvalue weighted by Gasteiger charge is 2.29. The Hall–Kier alpha value is -2.24. The second-order valence-corrected chi connectivity index (χ2v) is 7.42. The number of hydrogen-bond donors (Lipinski definition) is 1. The number of phenolic OH excluding ortho intramolecular Hbond substituents is 1. The molecule has 0 saturated carbocycles. The summed E-state index contributed by atoms with van der Waals surface area (Å²) >= 11 is 6.09. The number of carbonyl (C=O) groups excluding carboxylic acids is 1. The molecule has 1 heterocycles. The molecule has 5 nitrogen and oxygen atoms in total. The van der Waals surface area contributed by atoms with Crippen molar-refractivity contribution in [3.05, 3.63) is 52.5 Å². The van der Waals surface area contributed by atoms with Crippen LogP contribution in [0.5, 0.6) is 17.2 Å². The van der Waals surface area contributed by atoms with Gasteiger partial charge >= 0.3 is 0 Å². The highest BCUT2D eigenvalue weighted by Crippen LogP contribution is 2.33. The standard InChI is InChI=1S/C22H26ClNO4/c1-3-28-20-8-4-6-16(22(20)26)14-24-11-5-7-15(13-24)21(25)18-12-17(23)9-10-19(18)27-2/h4,6,8-10,12,15,26H,3,5,7,11,13-14H2,1-2H3/t15-/m1/s1. The molecule has 1 atom stereocenters. The molecule has 2 aromatic carbocycles. The maximum Gasteiger partial charge on any atom is 0.170 e. The molecule has 1 fully saturated rings. The SMILES string of the molecule is CCOc1cccc(CN2CCC[C@@H](C(=O)c3cc(Cl)ccc3OC)C2)c1O. The lowest BCUT2D eigenvalue weighted by molar-refractivity contribution is 0.0807. The van der Waals surface area contributed by atoms with Crippen LogP contribution in [0.25, 0.3) is 0 Å². The smallest absolute Gasteiger partial charge is 0.170 e. The number of ether oxygens (including phenoxy) is 2. The highest BCUT2D eigenvalue weighted by atomic mass is 35.5. The molecule has 3 rings (SSSR count). The number of nitrogens with zero attached hydrogens (tertiary/aromatic N) is 1. The van der Waals surface area contributed by atoms with Gasteiger partial charge in [-0.1, -0.05) is 23.7 Å². The van der Waals surface area contributed by atoms with Crippen molar-refractivity contribution < 1.29 is 19.4 Å². The fourth-order valence-corrected chi connectivity index (χ4v) is 3.89. The maximum absolute atomic E-state index is 13.1. The summed E-state index contributed by atoms with van der Waals surface area (Å²) in [6.07, 6.45) is 1.75. The van der Waals surface area contributed by atoms with E-state index >= 15 is 0 Å². The molecular weight excluding hydrogens is 378 g/mol. The minimum absolute atomic E-state index is 0.0522. The molecule has 0 amide bonds. The number of ketones is 1. The van der Waals surface area contributed by atoms with Gasteiger partial charge in [-0.25, -0.2) is 0 Å². The van der Waals surface area contributed by atoms with Crippen LogP contribution in [0.2, 0.25) is 5.02 Å². The fourth-order valence-electron chi connectivity index (χ4n) is 3.71. The van der Waals surface area contributed by atoms with Crippen LogP contribution in [0.4, 0.5) is 0 Å². The molecule has 28 heavy (non-hydrogen) atoms. The Bertz CT molecular complexity index is 839. The van der Waals surface area contributed by atoms with E-state index in [0.29, 0.717) is 41.8 Å². The van der Waals surface area contributed by atoms with Crippen molar-refractivity contribution in [1.29, 1.82) is 0 Å². The Labute approximate surface area is 170 Å². The van der Waals surface area contributed by atoms with Crippen LogP contribution >= 0.6 is 11.6 Å². The number of methoxy groups -OCH3 is 1. The Balaban J connectivity index is 1.74. The van der Waals surface area contributed by atoms with Crippen LogP contribution in [0.3, 0.4) is 0 Å². The minimum Gasteiger partial charge on any atom is -0.504 e. The summed E-state index contributed by atoms with van der Waals surface area (Å²) in [7, 11) is 1.56. The molecule has 0 spiro atoms. The topological polar surface area (TPSA) is 59.0 Å². The average molecular weight is 404 g/mol. The number of benzene rings is 2. The number of likely N-dealkylation sites (tertiary alicyclic amines) is 1. The molecule has 1 aliphatic heterocycles. The summed E-state index contributed by atoms with van der Waals surface area (Å²) in [5.74, 6) is 1.14. The number of aromatic hydroxyl groups is 1. The van der Waals surface area contributed by atoms with E-state index < -0.39 is 0 Å². The minimum atomic E-state index is -0.127. The van der Waals surface area contributed by atoms with Crippen LogP contribution in [-0.2, 0) is 6.54 Å². The molecule has 0 bridgehead atoms. The third-order valence-corrected chi connectivity index (χ3v) is 5.31. The number of rotatable bonds is 7. The zero-order valence-corrected chi connectivity index (χ0v) is 17.0. The largest absolute Gasteiger partial charge is 0.504 e. The van der Waals surface area contributed by atoms with Crippen molar-refractivity contribution in [2.75, 3.05) is 26.8 Å². The lowest BCUT2D eigenvalue weighted by Crippen LogP contribution is -2.38. The molecule has 6 heteroatoms. The third-order valence-electron chi connectivity index (χ3n) is 5.08. The third kappa shape index (κ3) is 4.59. The predicted molar refractivity (Wildman–Crippen MR) is 110 cm³/mol. The zero-order valence-electron chi connectivity index (χ0n) is 16.3. The summed E-state index contributed by atoms with van der Waals surface area (Å²) < 4.78 is 10.8. The number of carbonyl (C=O) groups is 1. The zero-order chi connectivity index (χ0) is 20.1. The van der Waals surface area contributed by atoms with E-state index in [1.165, 1.54) is 0 Å². The molecule has 0 radical (unpaired) electrons. The predicted octanol–water partition coefficient (Wildman–Crippen LogP) is 4.55. The van der Waals surface area contributed by atoms with Crippen molar-refractivity contribution in [3.8, 4) is 17.2 Å². The molecule has 1 aliphatic rings. The number of halogens is 1. The second-order valence-electron chi connectivity index (χ2n) is 6.98. The van der Waals surface area contributed by atoms with Gasteiger partial charge in [0.1, 0.15) is 5.75 Å². The van der Waals surface area contributed by atoms with Crippen molar-refractivity contribution in [1.82, 2.24) is 4.90 Å². The first-order chi connectivity index (χ1) is 13.5. The Kier molecular flexibility index (Phi) is 6.81. The van der Waals surface area contributed by atoms with Gasteiger partial charge in [0.05, 0.1) is 19.3 Å². The number of phenols is 1. The van der Waals surface area contributed by atoms with Crippen LogP contribution in [0.1, 0.15) is 35.7 Å². The van der Waals surface area contributed by atoms with E-state index in [9.17, 15) is 9.90 Å². The first-order valence-corrected chi connectivity index (χ1v) is 9.95. The quantitative estimate of drug-likeness (QED) is 0.687. The number of para-hydroxylation sites is 1. The normalized spacial score (nSPS) is 17.3. The van der Waals surface area contributed by atoms with E-state index in [1.54, 1.807) is 31.4 Å². The van der Waals surface area contributed by atoms with E-state index in [4.69, 9.17) is 21.1 Å². The Morgan fingerprint density at radius 3 is 2.86 bits per heavy atom. The van der Waals surface area contributed by atoms with E-state index in [1.807, 2.05) is 19.1 Å². The Morgan fingerprint density at radius 2 is 2.11 bits per heavy atom. The van der Waals surface area contributed by atoms with E-state index in [-0.39, 0.29) is 17.5 Å².